The van der Waals surface area contributed by atoms with E-state index in [0.717, 1.165) is 31.6 Å². The molecule has 3 unspecified atom stereocenters. The molecule has 2 aliphatic rings. The fraction of sp³-hybridized carbons (Fsp3) is 0.364. The Kier molecular flexibility index (Phi) is 4.29. The molecule has 4 rings (SSSR count). The predicted molar refractivity (Wildman–Crippen MR) is 99.6 cm³/mol. The summed E-state index contributed by atoms with van der Waals surface area (Å²) in [5, 5.41) is 3.82. The van der Waals surface area contributed by atoms with Crippen LogP contribution in [0.15, 0.2) is 60.7 Å². The zero-order valence-electron chi connectivity index (χ0n) is 14.2. The van der Waals surface area contributed by atoms with Crippen LogP contribution in [0, 0.1) is 5.92 Å². The predicted octanol–water partition coefficient (Wildman–Crippen LogP) is 5.69. The molecule has 2 aromatic carbocycles. The number of fused-ring (bicyclic) bond motifs is 3. The molecule has 0 aromatic heterocycles. The van der Waals surface area contributed by atoms with Crippen molar-refractivity contribution < 1.29 is 4.74 Å². The summed E-state index contributed by atoms with van der Waals surface area (Å²) in [6.07, 6.45) is 8.11. The van der Waals surface area contributed by atoms with E-state index in [-0.39, 0.29) is 0 Å². The zero-order valence-corrected chi connectivity index (χ0v) is 14.2. The molecule has 0 amide bonds. The van der Waals surface area contributed by atoms with E-state index in [1.54, 1.807) is 0 Å². The quantitative estimate of drug-likeness (QED) is 0.564. The van der Waals surface area contributed by atoms with Crippen molar-refractivity contribution in [2.24, 2.45) is 5.92 Å². The molecule has 0 bridgehead atoms. The molecule has 1 N–H and O–H groups in total. The molecule has 0 saturated heterocycles. The van der Waals surface area contributed by atoms with E-state index >= 15 is 0 Å². The highest BCUT2D eigenvalue weighted by atomic mass is 16.5. The second-order valence-corrected chi connectivity index (χ2v) is 6.81. The zero-order chi connectivity index (χ0) is 16.4. The van der Waals surface area contributed by atoms with Crippen LogP contribution in [0.25, 0.3) is 0 Å². The van der Waals surface area contributed by atoms with Crippen LogP contribution in [-0.4, -0.2) is 6.61 Å². The van der Waals surface area contributed by atoms with Crippen LogP contribution in [-0.2, 0) is 0 Å². The third-order valence-electron chi connectivity index (χ3n) is 5.27. The van der Waals surface area contributed by atoms with E-state index in [2.05, 4.69) is 72.9 Å². The SMILES string of the molecule is CCCCOc1cccc2c1NC(c1ccccc1)C1CC=CC21. The molecule has 0 radical (unpaired) electrons. The first-order valence-corrected chi connectivity index (χ1v) is 9.12. The summed E-state index contributed by atoms with van der Waals surface area (Å²) in [6, 6.07) is 17.7. The molecular formula is C22H25NO. The van der Waals surface area contributed by atoms with Crippen LogP contribution in [0.4, 0.5) is 5.69 Å². The molecule has 124 valence electrons. The fourth-order valence-corrected chi connectivity index (χ4v) is 4.03. The van der Waals surface area contributed by atoms with Gasteiger partial charge in [-0.2, -0.15) is 0 Å². The molecule has 1 heterocycles. The highest BCUT2D eigenvalue weighted by Crippen LogP contribution is 2.52. The van der Waals surface area contributed by atoms with E-state index in [9.17, 15) is 0 Å². The van der Waals surface area contributed by atoms with Crippen LogP contribution < -0.4 is 10.1 Å². The summed E-state index contributed by atoms with van der Waals surface area (Å²) in [5.74, 6) is 2.08. The Balaban J connectivity index is 1.70. The average molecular weight is 319 g/mol. The summed E-state index contributed by atoms with van der Waals surface area (Å²) < 4.78 is 6.09. The number of benzene rings is 2. The molecule has 1 aliphatic heterocycles. The molecular weight excluding hydrogens is 294 g/mol. The van der Waals surface area contributed by atoms with Crippen molar-refractivity contribution in [1.29, 1.82) is 0 Å². The van der Waals surface area contributed by atoms with Gasteiger partial charge in [0.2, 0.25) is 0 Å². The second-order valence-electron chi connectivity index (χ2n) is 6.81. The molecule has 24 heavy (non-hydrogen) atoms. The monoisotopic (exact) mass is 319 g/mol. The van der Waals surface area contributed by atoms with Gasteiger partial charge in [0.05, 0.1) is 18.3 Å². The van der Waals surface area contributed by atoms with Crippen molar-refractivity contribution >= 4 is 5.69 Å². The van der Waals surface area contributed by atoms with E-state index in [1.165, 1.54) is 16.8 Å². The van der Waals surface area contributed by atoms with Crippen molar-refractivity contribution in [2.45, 2.75) is 38.1 Å². The lowest BCUT2D eigenvalue weighted by molar-refractivity contribution is 0.308. The lowest BCUT2D eigenvalue weighted by Gasteiger charge is -2.38. The van der Waals surface area contributed by atoms with Gasteiger partial charge in [-0.25, -0.2) is 0 Å². The van der Waals surface area contributed by atoms with Gasteiger partial charge >= 0.3 is 0 Å². The number of nitrogens with one attached hydrogen (secondary N) is 1. The van der Waals surface area contributed by atoms with E-state index in [0.29, 0.717) is 17.9 Å². The van der Waals surface area contributed by atoms with Gasteiger partial charge in [-0.1, -0.05) is 68.0 Å². The van der Waals surface area contributed by atoms with Gasteiger partial charge in [0.15, 0.2) is 0 Å². The van der Waals surface area contributed by atoms with Gasteiger partial charge in [0.1, 0.15) is 5.75 Å². The maximum absolute atomic E-state index is 6.09. The topological polar surface area (TPSA) is 21.3 Å². The summed E-state index contributed by atoms with van der Waals surface area (Å²) >= 11 is 0. The summed E-state index contributed by atoms with van der Waals surface area (Å²) in [6.45, 7) is 2.98. The number of rotatable bonds is 5. The highest BCUT2D eigenvalue weighted by Gasteiger charge is 2.38. The summed E-state index contributed by atoms with van der Waals surface area (Å²) in [4.78, 5) is 0. The lowest BCUT2D eigenvalue weighted by Crippen LogP contribution is -2.29. The van der Waals surface area contributed by atoms with Gasteiger partial charge in [-0.05, 0) is 36.0 Å². The van der Waals surface area contributed by atoms with Crippen molar-refractivity contribution in [2.75, 3.05) is 11.9 Å². The largest absolute Gasteiger partial charge is 0.491 e. The third kappa shape index (κ3) is 2.71. The molecule has 2 heteroatoms. The van der Waals surface area contributed by atoms with Gasteiger partial charge < -0.3 is 10.1 Å². The first kappa shape index (κ1) is 15.3. The van der Waals surface area contributed by atoms with Crippen molar-refractivity contribution in [3.8, 4) is 5.75 Å². The number of allylic oxidation sites excluding steroid dienone is 2. The number of hydrogen-bond donors (Lipinski definition) is 1. The minimum Gasteiger partial charge on any atom is -0.491 e. The van der Waals surface area contributed by atoms with Crippen molar-refractivity contribution in [1.82, 2.24) is 0 Å². The second kappa shape index (κ2) is 6.72. The molecule has 2 aromatic rings. The van der Waals surface area contributed by atoms with Crippen LogP contribution >= 0.6 is 0 Å². The summed E-state index contributed by atoms with van der Waals surface area (Å²) in [7, 11) is 0. The van der Waals surface area contributed by atoms with Crippen LogP contribution in [0.2, 0.25) is 0 Å². The number of anilines is 1. The Morgan fingerprint density at radius 1 is 1.08 bits per heavy atom. The van der Waals surface area contributed by atoms with Crippen LogP contribution in [0.5, 0.6) is 5.75 Å². The molecule has 2 nitrogen and oxygen atoms in total. The Morgan fingerprint density at radius 3 is 2.79 bits per heavy atom. The lowest BCUT2D eigenvalue weighted by atomic mass is 9.77. The van der Waals surface area contributed by atoms with Gasteiger partial charge in [0.25, 0.3) is 0 Å². The first-order valence-electron chi connectivity index (χ1n) is 9.12. The fourth-order valence-electron chi connectivity index (χ4n) is 4.03. The normalized spacial score (nSPS) is 24.1. The average Bonchev–Trinajstić information content (AvgIpc) is 3.12. The van der Waals surface area contributed by atoms with Gasteiger partial charge in [-0.15, -0.1) is 0 Å². The minimum absolute atomic E-state index is 0.342. The Morgan fingerprint density at radius 2 is 1.96 bits per heavy atom. The maximum atomic E-state index is 6.09. The van der Waals surface area contributed by atoms with Crippen LogP contribution in [0.1, 0.15) is 49.3 Å². The van der Waals surface area contributed by atoms with E-state index < -0.39 is 0 Å². The number of hydrogen-bond acceptors (Lipinski definition) is 2. The molecule has 0 saturated carbocycles. The molecule has 0 fully saturated rings. The van der Waals surface area contributed by atoms with Crippen molar-refractivity contribution in [3.63, 3.8) is 0 Å². The van der Waals surface area contributed by atoms with Crippen LogP contribution in [0.3, 0.4) is 0 Å². The maximum Gasteiger partial charge on any atom is 0.142 e. The number of unbranched alkanes of at least 4 members (excludes halogenated alkanes) is 1. The first-order chi connectivity index (χ1) is 11.9. The molecule has 3 atom stereocenters. The Labute approximate surface area is 144 Å². The van der Waals surface area contributed by atoms with E-state index in [1.807, 2.05) is 0 Å². The third-order valence-corrected chi connectivity index (χ3v) is 5.27. The van der Waals surface area contributed by atoms with E-state index in [4.69, 9.17) is 4.74 Å². The smallest absolute Gasteiger partial charge is 0.142 e. The standard InChI is InChI=1S/C22H25NO/c1-2-3-15-24-20-14-8-13-19-17-11-7-12-18(17)21(23-22(19)20)16-9-5-4-6-10-16/h4-11,13-14,17-18,21,23H,2-3,12,15H2,1H3. The van der Waals surface area contributed by atoms with Gasteiger partial charge in [0, 0.05) is 5.92 Å². The highest BCUT2D eigenvalue weighted by molar-refractivity contribution is 5.67. The Hall–Kier alpha value is -2.22. The minimum atomic E-state index is 0.342. The number of para-hydroxylation sites is 1. The summed E-state index contributed by atoms with van der Waals surface area (Å²) in [5.41, 5.74) is 3.94. The number of ether oxygens (including phenoxy) is 1. The molecule has 1 aliphatic carbocycles. The molecule has 0 spiro atoms. The van der Waals surface area contributed by atoms with Gasteiger partial charge in [-0.3, -0.25) is 0 Å². The Bertz CT molecular complexity index is 722. The van der Waals surface area contributed by atoms with Crippen molar-refractivity contribution in [3.05, 3.63) is 71.8 Å².